The van der Waals surface area contributed by atoms with Crippen molar-refractivity contribution in [2.24, 2.45) is 12.8 Å². The minimum Gasteiger partial charge on any atom is -0.351 e. The van der Waals surface area contributed by atoms with Crippen LogP contribution in [-0.2, 0) is 18.4 Å². The molecule has 108 valence electrons. The number of nitrogens with one attached hydrogen (secondary N) is 1. The van der Waals surface area contributed by atoms with Gasteiger partial charge in [-0.15, -0.1) is 10.2 Å². The molecule has 1 rings (SSSR count). The van der Waals surface area contributed by atoms with Crippen LogP contribution in [0.4, 0.5) is 0 Å². The quantitative estimate of drug-likeness (QED) is 0.790. The molecule has 1 aromatic rings. The minimum absolute atomic E-state index is 0.0253. The number of nitrogens with two attached hydrogens (primary N) is 1. The number of rotatable bonds is 5. The molecule has 0 spiro atoms. The van der Waals surface area contributed by atoms with E-state index in [4.69, 9.17) is 5.73 Å². The topological polar surface area (TPSA) is 85.8 Å². The Hall–Kier alpha value is -1.08. The summed E-state index contributed by atoms with van der Waals surface area (Å²) in [5, 5.41) is 11.6. The summed E-state index contributed by atoms with van der Waals surface area (Å²) < 4.78 is 1.83. The zero-order valence-corrected chi connectivity index (χ0v) is 13.0. The van der Waals surface area contributed by atoms with Gasteiger partial charge in [0.05, 0.1) is 11.8 Å². The van der Waals surface area contributed by atoms with Crippen LogP contribution in [0.5, 0.6) is 0 Å². The highest BCUT2D eigenvalue weighted by atomic mass is 32.2. The molecule has 0 radical (unpaired) electrons. The van der Waals surface area contributed by atoms with E-state index in [0.717, 1.165) is 11.6 Å². The lowest BCUT2D eigenvalue weighted by Gasteiger charge is -2.23. The zero-order chi connectivity index (χ0) is 14.6. The van der Waals surface area contributed by atoms with Gasteiger partial charge in [0.25, 0.3) is 0 Å². The lowest BCUT2D eigenvalue weighted by atomic mass is 10.1. The number of hydrogen-bond donors (Lipinski definition) is 2. The SMILES string of the molecule is CCC(Sc1nnc(CN)n1C)C(=O)NC(C)(C)C. The highest BCUT2D eigenvalue weighted by Gasteiger charge is 2.24. The van der Waals surface area contributed by atoms with Crippen molar-refractivity contribution >= 4 is 17.7 Å². The number of carbonyl (C=O) groups is 1. The average molecular weight is 285 g/mol. The molecule has 1 amide bonds. The van der Waals surface area contributed by atoms with Crippen molar-refractivity contribution in [2.45, 2.75) is 56.6 Å². The van der Waals surface area contributed by atoms with Gasteiger partial charge in [0.2, 0.25) is 5.91 Å². The first-order valence-electron chi connectivity index (χ1n) is 6.35. The Kier molecular flexibility index (Phi) is 5.37. The van der Waals surface area contributed by atoms with Crippen LogP contribution in [-0.4, -0.2) is 31.5 Å². The summed E-state index contributed by atoms with van der Waals surface area (Å²) in [7, 11) is 1.86. The number of nitrogens with zero attached hydrogens (tertiary/aromatic N) is 3. The second-order valence-corrected chi connectivity index (χ2v) is 6.59. The number of thioether (sulfide) groups is 1. The van der Waals surface area contributed by atoms with Crippen molar-refractivity contribution in [2.75, 3.05) is 0 Å². The van der Waals surface area contributed by atoms with E-state index in [1.807, 2.05) is 39.3 Å². The Morgan fingerprint density at radius 3 is 2.53 bits per heavy atom. The molecule has 0 aromatic carbocycles. The van der Waals surface area contributed by atoms with Gasteiger partial charge in [0.15, 0.2) is 5.16 Å². The van der Waals surface area contributed by atoms with E-state index in [0.29, 0.717) is 12.4 Å². The van der Waals surface area contributed by atoms with E-state index >= 15 is 0 Å². The highest BCUT2D eigenvalue weighted by molar-refractivity contribution is 8.00. The van der Waals surface area contributed by atoms with Crippen molar-refractivity contribution in [3.63, 3.8) is 0 Å². The van der Waals surface area contributed by atoms with Crippen molar-refractivity contribution in [1.29, 1.82) is 0 Å². The number of amides is 1. The predicted octanol–water partition coefficient (Wildman–Crippen LogP) is 1.06. The normalized spacial score (nSPS) is 13.4. The number of hydrogen-bond acceptors (Lipinski definition) is 5. The third kappa shape index (κ3) is 4.50. The Balaban J connectivity index is 2.76. The summed E-state index contributed by atoms with van der Waals surface area (Å²) in [6.07, 6.45) is 0.734. The van der Waals surface area contributed by atoms with Crippen LogP contribution >= 0.6 is 11.8 Å². The molecule has 1 aromatic heterocycles. The van der Waals surface area contributed by atoms with Gasteiger partial charge in [-0.05, 0) is 27.2 Å². The fourth-order valence-electron chi connectivity index (χ4n) is 1.53. The summed E-state index contributed by atoms with van der Waals surface area (Å²) in [6, 6.07) is 0. The van der Waals surface area contributed by atoms with Crippen LogP contribution in [0.25, 0.3) is 0 Å². The molecule has 1 unspecified atom stereocenters. The average Bonchev–Trinajstić information content (AvgIpc) is 2.64. The van der Waals surface area contributed by atoms with Crippen LogP contribution in [0.2, 0.25) is 0 Å². The van der Waals surface area contributed by atoms with Gasteiger partial charge in [-0.2, -0.15) is 0 Å². The lowest BCUT2D eigenvalue weighted by Crippen LogP contribution is -2.44. The molecule has 0 aliphatic heterocycles. The largest absolute Gasteiger partial charge is 0.351 e. The molecule has 0 saturated heterocycles. The lowest BCUT2D eigenvalue weighted by molar-refractivity contribution is -0.122. The van der Waals surface area contributed by atoms with E-state index in [1.165, 1.54) is 11.8 Å². The molecule has 3 N–H and O–H groups in total. The van der Waals surface area contributed by atoms with Crippen LogP contribution < -0.4 is 11.1 Å². The molecule has 6 nitrogen and oxygen atoms in total. The van der Waals surface area contributed by atoms with Gasteiger partial charge in [0.1, 0.15) is 5.82 Å². The second kappa shape index (κ2) is 6.38. The molecule has 1 atom stereocenters. The monoisotopic (exact) mass is 285 g/mol. The molecule has 0 saturated carbocycles. The van der Waals surface area contributed by atoms with Gasteiger partial charge < -0.3 is 15.6 Å². The summed E-state index contributed by atoms with van der Waals surface area (Å²) in [4.78, 5) is 12.2. The third-order valence-electron chi connectivity index (χ3n) is 2.52. The summed E-state index contributed by atoms with van der Waals surface area (Å²) in [5.74, 6) is 0.742. The number of aromatic nitrogens is 3. The third-order valence-corrected chi connectivity index (χ3v) is 3.92. The van der Waals surface area contributed by atoms with E-state index in [2.05, 4.69) is 15.5 Å². The highest BCUT2D eigenvalue weighted by Crippen LogP contribution is 2.24. The van der Waals surface area contributed by atoms with Crippen LogP contribution in [0.15, 0.2) is 5.16 Å². The van der Waals surface area contributed by atoms with Crippen LogP contribution in [0.1, 0.15) is 39.9 Å². The van der Waals surface area contributed by atoms with Crippen LogP contribution in [0.3, 0.4) is 0 Å². The van der Waals surface area contributed by atoms with E-state index < -0.39 is 0 Å². The minimum atomic E-state index is -0.229. The van der Waals surface area contributed by atoms with Crippen molar-refractivity contribution in [1.82, 2.24) is 20.1 Å². The van der Waals surface area contributed by atoms with Gasteiger partial charge in [0, 0.05) is 12.6 Å². The summed E-state index contributed by atoms with van der Waals surface area (Å²) in [5.41, 5.74) is 5.33. The Morgan fingerprint density at radius 2 is 2.11 bits per heavy atom. The maximum absolute atomic E-state index is 12.2. The first kappa shape index (κ1) is 16.0. The van der Waals surface area contributed by atoms with E-state index in [1.54, 1.807) is 0 Å². The molecular weight excluding hydrogens is 262 g/mol. The smallest absolute Gasteiger partial charge is 0.233 e. The van der Waals surface area contributed by atoms with Gasteiger partial charge in [-0.1, -0.05) is 18.7 Å². The molecule has 0 aliphatic carbocycles. The fourth-order valence-corrected chi connectivity index (χ4v) is 2.46. The Morgan fingerprint density at radius 1 is 1.47 bits per heavy atom. The molecule has 7 heteroatoms. The first-order chi connectivity index (χ1) is 8.78. The molecule has 0 bridgehead atoms. The zero-order valence-electron chi connectivity index (χ0n) is 12.2. The summed E-state index contributed by atoms with van der Waals surface area (Å²) in [6.45, 7) is 8.24. The van der Waals surface area contributed by atoms with Crippen molar-refractivity contribution < 1.29 is 4.79 Å². The van der Waals surface area contributed by atoms with Crippen molar-refractivity contribution in [3.8, 4) is 0 Å². The maximum Gasteiger partial charge on any atom is 0.233 e. The van der Waals surface area contributed by atoms with E-state index in [9.17, 15) is 4.79 Å². The second-order valence-electron chi connectivity index (χ2n) is 5.42. The van der Waals surface area contributed by atoms with Crippen LogP contribution in [0, 0.1) is 0 Å². The molecule has 0 aliphatic rings. The van der Waals surface area contributed by atoms with Gasteiger partial charge >= 0.3 is 0 Å². The van der Waals surface area contributed by atoms with Gasteiger partial charge in [-0.25, -0.2) is 0 Å². The molecule has 0 fully saturated rings. The Bertz CT molecular complexity index is 438. The van der Waals surface area contributed by atoms with E-state index in [-0.39, 0.29) is 16.7 Å². The van der Waals surface area contributed by atoms with Gasteiger partial charge in [-0.3, -0.25) is 4.79 Å². The molecular formula is C12H23N5OS. The summed E-state index contributed by atoms with van der Waals surface area (Å²) >= 11 is 1.42. The predicted molar refractivity (Wildman–Crippen MR) is 76.7 cm³/mol. The van der Waals surface area contributed by atoms with Crippen molar-refractivity contribution in [3.05, 3.63) is 5.82 Å². The number of carbonyl (C=O) groups excluding carboxylic acids is 1. The standard InChI is InChI=1S/C12H23N5OS/c1-6-8(10(18)14-12(2,3)4)19-11-16-15-9(7-13)17(11)5/h8H,6-7,13H2,1-5H3,(H,14,18). The molecule has 19 heavy (non-hydrogen) atoms. The fraction of sp³-hybridized carbons (Fsp3) is 0.750. The molecule has 1 heterocycles. The first-order valence-corrected chi connectivity index (χ1v) is 7.23. The maximum atomic E-state index is 12.2. The Labute approximate surface area is 118 Å².